The van der Waals surface area contributed by atoms with Crippen molar-refractivity contribution in [1.29, 1.82) is 0 Å². The third kappa shape index (κ3) is 5.91. The molecule has 34 heavy (non-hydrogen) atoms. The normalized spacial score (nSPS) is 15.6. The van der Waals surface area contributed by atoms with Crippen molar-refractivity contribution >= 4 is 34.4 Å². The van der Waals surface area contributed by atoms with Crippen molar-refractivity contribution in [3.05, 3.63) is 42.4 Å². The van der Waals surface area contributed by atoms with Crippen LogP contribution in [0.5, 0.6) is 0 Å². The maximum absolute atomic E-state index is 14.1. The van der Waals surface area contributed by atoms with Gasteiger partial charge in [-0.15, -0.1) is 0 Å². The first-order chi connectivity index (χ1) is 16.3. The predicted molar refractivity (Wildman–Crippen MR) is 126 cm³/mol. The minimum Gasteiger partial charge on any atom is -0.387 e. The Labute approximate surface area is 196 Å². The van der Waals surface area contributed by atoms with Gasteiger partial charge in [0.15, 0.2) is 0 Å². The lowest BCUT2D eigenvalue weighted by Gasteiger charge is -2.26. The fraction of sp³-hybridized carbons (Fsp3) is 0.435. The Kier molecular flexibility index (Phi) is 7.13. The molecule has 11 heteroatoms. The van der Waals surface area contributed by atoms with Crippen molar-refractivity contribution in [1.82, 2.24) is 25.3 Å². The Hall–Kier alpha value is -3.44. The molecule has 10 nitrogen and oxygen atoms in total. The summed E-state index contributed by atoms with van der Waals surface area (Å²) < 4.78 is 19.6. The number of carbonyl (C=O) groups is 1. The minimum atomic E-state index is -1.61. The highest BCUT2D eigenvalue weighted by Gasteiger charge is 2.27. The number of fused-ring (bicyclic) bond motifs is 1. The van der Waals surface area contributed by atoms with E-state index in [-0.39, 0.29) is 18.2 Å². The molecule has 0 aromatic carbocycles. The van der Waals surface area contributed by atoms with E-state index in [1.54, 1.807) is 24.5 Å². The molecule has 0 aliphatic carbocycles. The number of nitrogens with one attached hydrogen (secondary N) is 3. The van der Waals surface area contributed by atoms with Crippen molar-refractivity contribution in [3.8, 4) is 0 Å². The highest BCUT2D eigenvalue weighted by molar-refractivity contribution is 5.99. The van der Waals surface area contributed by atoms with Crippen molar-refractivity contribution in [3.63, 3.8) is 0 Å². The standard InChI is InChI=1S/C23H28FN7O3/c1-23(2,33)19(24)13-27-21(32)15-11-26-20(10-17(15)29-14-5-8-34-9-6-14)31-22-28-12-18-16(30-22)4-3-7-25-18/h3-4,7,10-12,14,19,33H,5-6,8-9,13H2,1-2H3,(H,27,32)(H2,26,28,29,30,31). The van der Waals surface area contributed by atoms with E-state index in [1.807, 2.05) is 6.07 Å². The number of ether oxygens (including phenoxy) is 1. The van der Waals surface area contributed by atoms with Crippen LogP contribution in [0.4, 0.5) is 21.8 Å². The molecular weight excluding hydrogens is 441 g/mol. The number of nitrogens with zero attached hydrogens (tertiary/aromatic N) is 4. The second-order valence-electron chi connectivity index (χ2n) is 8.70. The number of amides is 1. The zero-order chi connectivity index (χ0) is 24.1. The van der Waals surface area contributed by atoms with E-state index in [2.05, 4.69) is 35.9 Å². The fourth-order valence-electron chi connectivity index (χ4n) is 3.46. The molecule has 180 valence electrons. The Morgan fingerprint density at radius 1 is 1.24 bits per heavy atom. The quantitative estimate of drug-likeness (QED) is 0.393. The molecule has 1 amide bonds. The lowest BCUT2D eigenvalue weighted by atomic mass is 10.0. The van der Waals surface area contributed by atoms with Crippen LogP contribution in [0.2, 0.25) is 0 Å². The Morgan fingerprint density at radius 3 is 2.79 bits per heavy atom. The van der Waals surface area contributed by atoms with E-state index < -0.39 is 17.7 Å². The topological polar surface area (TPSA) is 134 Å². The van der Waals surface area contributed by atoms with Crippen LogP contribution >= 0.6 is 0 Å². The summed E-state index contributed by atoms with van der Waals surface area (Å²) in [5.41, 5.74) is 0.612. The number of carbonyl (C=O) groups excluding carboxylic acids is 1. The lowest BCUT2D eigenvalue weighted by molar-refractivity contribution is -0.00177. The Morgan fingerprint density at radius 2 is 2.03 bits per heavy atom. The molecule has 1 atom stereocenters. The first-order valence-electron chi connectivity index (χ1n) is 11.1. The summed E-state index contributed by atoms with van der Waals surface area (Å²) in [6, 6.07) is 5.44. The minimum absolute atomic E-state index is 0.115. The lowest BCUT2D eigenvalue weighted by Crippen LogP contribution is -2.42. The van der Waals surface area contributed by atoms with E-state index in [9.17, 15) is 14.3 Å². The highest BCUT2D eigenvalue weighted by atomic mass is 19.1. The molecule has 4 rings (SSSR count). The number of anilines is 3. The molecule has 0 saturated carbocycles. The van der Waals surface area contributed by atoms with Crippen LogP contribution in [0.15, 0.2) is 36.8 Å². The van der Waals surface area contributed by atoms with Gasteiger partial charge in [0.2, 0.25) is 5.95 Å². The Balaban J connectivity index is 1.55. The second-order valence-corrected chi connectivity index (χ2v) is 8.70. The average Bonchev–Trinajstić information content (AvgIpc) is 2.82. The number of aromatic nitrogens is 4. The van der Waals surface area contributed by atoms with Gasteiger partial charge >= 0.3 is 0 Å². The number of hydrogen-bond acceptors (Lipinski definition) is 9. The van der Waals surface area contributed by atoms with Crippen LogP contribution in [0, 0.1) is 0 Å². The Bertz CT molecular complexity index is 1150. The van der Waals surface area contributed by atoms with E-state index in [0.717, 1.165) is 12.8 Å². The molecule has 0 radical (unpaired) electrons. The van der Waals surface area contributed by atoms with Gasteiger partial charge in [-0.25, -0.2) is 19.3 Å². The molecule has 0 spiro atoms. The van der Waals surface area contributed by atoms with E-state index in [0.29, 0.717) is 41.7 Å². The molecule has 1 fully saturated rings. The molecule has 3 aromatic heterocycles. The zero-order valence-electron chi connectivity index (χ0n) is 19.1. The van der Waals surface area contributed by atoms with Gasteiger partial charge in [-0.1, -0.05) is 0 Å². The number of aliphatic hydroxyl groups is 1. The van der Waals surface area contributed by atoms with Crippen molar-refractivity contribution < 1.29 is 19.0 Å². The van der Waals surface area contributed by atoms with Crippen LogP contribution in [-0.2, 0) is 4.74 Å². The number of halogens is 1. The number of hydrogen-bond donors (Lipinski definition) is 4. The van der Waals surface area contributed by atoms with E-state index in [1.165, 1.54) is 20.0 Å². The number of pyridine rings is 2. The molecule has 4 N–H and O–H groups in total. The molecule has 1 saturated heterocycles. The summed E-state index contributed by atoms with van der Waals surface area (Å²) in [4.78, 5) is 30.1. The van der Waals surface area contributed by atoms with Crippen LogP contribution in [0.1, 0.15) is 37.0 Å². The molecule has 1 aliphatic rings. The zero-order valence-corrected chi connectivity index (χ0v) is 19.1. The van der Waals surface area contributed by atoms with Gasteiger partial charge in [0.25, 0.3) is 5.91 Å². The van der Waals surface area contributed by atoms with Gasteiger partial charge in [-0.2, -0.15) is 0 Å². The van der Waals surface area contributed by atoms with Crippen LogP contribution < -0.4 is 16.0 Å². The first kappa shape index (κ1) is 23.7. The average molecular weight is 470 g/mol. The largest absolute Gasteiger partial charge is 0.387 e. The smallest absolute Gasteiger partial charge is 0.255 e. The summed E-state index contributed by atoms with van der Waals surface area (Å²) in [5.74, 6) is 0.287. The number of rotatable bonds is 8. The third-order valence-corrected chi connectivity index (χ3v) is 5.53. The van der Waals surface area contributed by atoms with E-state index >= 15 is 0 Å². The van der Waals surface area contributed by atoms with Crippen LogP contribution in [0.3, 0.4) is 0 Å². The van der Waals surface area contributed by atoms with Gasteiger partial charge < -0.3 is 25.8 Å². The summed E-state index contributed by atoms with van der Waals surface area (Å²) in [6.07, 6.45) is 4.67. The monoisotopic (exact) mass is 469 g/mol. The van der Waals surface area contributed by atoms with Gasteiger partial charge in [0.1, 0.15) is 17.5 Å². The summed E-state index contributed by atoms with van der Waals surface area (Å²) in [7, 11) is 0. The van der Waals surface area contributed by atoms with Crippen molar-refractivity contribution in [2.24, 2.45) is 0 Å². The molecule has 4 heterocycles. The second kappa shape index (κ2) is 10.2. The van der Waals surface area contributed by atoms with Crippen molar-refractivity contribution in [2.75, 3.05) is 30.4 Å². The van der Waals surface area contributed by atoms with Crippen molar-refractivity contribution in [2.45, 2.75) is 44.5 Å². The van der Waals surface area contributed by atoms with Gasteiger partial charge in [-0.05, 0) is 38.8 Å². The molecular formula is C23H28FN7O3. The SMILES string of the molecule is CC(C)(O)C(F)CNC(=O)c1cnc(Nc2ncc3ncccc3n2)cc1NC1CCOCC1. The molecule has 1 aliphatic heterocycles. The molecule has 0 bridgehead atoms. The predicted octanol–water partition coefficient (Wildman–Crippen LogP) is 2.59. The summed E-state index contributed by atoms with van der Waals surface area (Å²) in [6.45, 7) is 3.65. The van der Waals surface area contributed by atoms with Crippen LogP contribution in [-0.4, -0.2) is 68.5 Å². The summed E-state index contributed by atoms with van der Waals surface area (Å²) >= 11 is 0. The fourth-order valence-corrected chi connectivity index (χ4v) is 3.46. The van der Waals surface area contributed by atoms with E-state index in [4.69, 9.17) is 4.74 Å². The van der Waals surface area contributed by atoms with Gasteiger partial charge in [-0.3, -0.25) is 9.78 Å². The maximum atomic E-state index is 14.1. The summed E-state index contributed by atoms with van der Waals surface area (Å²) in [5, 5.41) is 18.8. The van der Waals surface area contributed by atoms with Gasteiger partial charge in [0, 0.05) is 37.7 Å². The van der Waals surface area contributed by atoms with Gasteiger partial charge in [0.05, 0.1) is 35.1 Å². The molecule has 3 aromatic rings. The molecule has 1 unspecified atom stereocenters. The maximum Gasteiger partial charge on any atom is 0.255 e. The highest BCUT2D eigenvalue weighted by Crippen LogP contribution is 2.24. The van der Waals surface area contributed by atoms with Crippen LogP contribution in [0.25, 0.3) is 11.0 Å². The number of alkyl halides is 1. The third-order valence-electron chi connectivity index (χ3n) is 5.53. The first-order valence-corrected chi connectivity index (χ1v) is 11.1.